The van der Waals surface area contributed by atoms with Crippen molar-refractivity contribution in [2.75, 3.05) is 17.2 Å². The van der Waals surface area contributed by atoms with Crippen molar-refractivity contribution >= 4 is 17.5 Å². The third-order valence-electron chi connectivity index (χ3n) is 3.73. The van der Waals surface area contributed by atoms with Crippen molar-refractivity contribution in [3.05, 3.63) is 66.5 Å². The minimum absolute atomic E-state index is 0.264. The monoisotopic (exact) mass is 336 g/mol. The molecule has 0 fully saturated rings. The molecule has 3 rings (SSSR count). The summed E-state index contributed by atoms with van der Waals surface area (Å²) in [4.78, 5) is 9.13. The zero-order valence-corrected chi connectivity index (χ0v) is 14.2. The molecule has 0 spiro atoms. The number of halogens is 1. The van der Waals surface area contributed by atoms with Gasteiger partial charge in [-0.15, -0.1) is 0 Å². The maximum absolute atomic E-state index is 13.1. The molecule has 0 unspecified atom stereocenters. The van der Waals surface area contributed by atoms with E-state index in [1.807, 2.05) is 36.4 Å². The summed E-state index contributed by atoms with van der Waals surface area (Å²) in [6.45, 7) is 2.97. The van der Waals surface area contributed by atoms with Crippen LogP contribution < -0.4 is 10.6 Å². The highest BCUT2D eigenvalue weighted by Gasteiger charge is 2.07. The van der Waals surface area contributed by atoms with E-state index >= 15 is 0 Å². The Hall–Kier alpha value is -2.95. The second kappa shape index (κ2) is 8.24. The molecule has 1 heterocycles. The van der Waals surface area contributed by atoms with Crippen molar-refractivity contribution in [1.29, 1.82) is 0 Å². The minimum Gasteiger partial charge on any atom is -0.354 e. The lowest BCUT2D eigenvalue weighted by atomic mass is 10.1. The molecule has 4 nitrogen and oxygen atoms in total. The lowest BCUT2D eigenvalue weighted by Crippen LogP contribution is -2.07. The van der Waals surface area contributed by atoms with Gasteiger partial charge in [0, 0.05) is 23.9 Å². The molecule has 5 heteroatoms. The molecule has 128 valence electrons. The Morgan fingerprint density at radius 2 is 1.72 bits per heavy atom. The lowest BCUT2D eigenvalue weighted by Gasteiger charge is -2.11. The number of hydrogen-bond acceptors (Lipinski definition) is 4. The summed E-state index contributed by atoms with van der Waals surface area (Å²) in [5.74, 6) is 0.985. The van der Waals surface area contributed by atoms with Crippen LogP contribution in [-0.4, -0.2) is 16.5 Å². The molecule has 0 bridgehead atoms. The minimum atomic E-state index is -0.264. The van der Waals surface area contributed by atoms with Crippen molar-refractivity contribution in [1.82, 2.24) is 9.97 Å². The van der Waals surface area contributed by atoms with Crippen LogP contribution in [0, 0.1) is 5.82 Å². The Bertz CT molecular complexity index is 804. The van der Waals surface area contributed by atoms with Crippen LogP contribution in [0.25, 0.3) is 11.3 Å². The van der Waals surface area contributed by atoms with Gasteiger partial charge in [-0.05, 0) is 30.7 Å². The molecular weight excluding hydrogens is 315 g/mol. The number of benzene rings is 2. The van der Waals surface area contributed by atoms with E-state index in [0.29, 0.717) is 11.8 Å². The van der Waals surface area contributed by atoms with Crippen molar-refractivity contribution in [3.8, 4) is 11.3 Å². The average molecular weight is 336 g/mol. The smallest absolute Gasteiger partial charge is 0.225 e. The molecule has 2 N–H and O–H groups in total. The zero-order chi connectivity index (χ0) is 17.5. The van der Waals surface area contributed by atoms with E-state index in [1.54, 1.807) is 12.1 Å². The Balaban J connectivity index is 1.89. The van der Waals surface area contributed by atoms with Crippen LogP contribution in [0.2, 0.25) is 0 Å². The summed E-state index contributed by atoms with van der Waals surface area (Å²) in [5.41, 5.74) is 2.63. The van der Waals surface area contributed by atoms with Crippen molar-refractivity contribution in [3.63, 3.8) is 0 Å². The summed E-state index contributed by atoms with van der Waals surface area (Å²) in [6, 6.07) is 18.1. The quantitative estimate of drug-likeness (QED) is 0.579. The summed E-state index contributed by atoms with van der Waals surface area (Å²) in [6.07, 6.45) is 2.16. The number of nitrogens with one attached hydrogen (secondary N) is 2. The lowest BCUT2D eigenvalue weighted by molar-refractivity contribution is 0.628. The normalized spacial score (nSPS) is 10.5. The highest BCUT2D eigenvalue weighted by atomic mass is 19.1. The van der Waals surface area contributed by atoms with Crippen LogP contribution in [0.1, 0.15) is 19.8 Å². The number of anilines is 3. The molecule has 0 aliphatic carbocycles. The van der Waals surface area contributed by atoms with Crippen molar-refractivity contribution < 1.29 is 4.39 Å². The second-order valence-corrected chi connectivity index (χ2v) is 5.74. The van der Waals surface area contributed by atoms with E-state index < -0.39 is 0 Å². The fourth-order valence-corrected chi connectivity index (χ4v) is 2.41. The van der Waals surface area contributed by atoms with Crippen LogP contribution in [0.15, 0.2) is 60.7 Å². The molecule has 1 aromatic heterocycles. The summed E-state index contributed by atoms with van der Waals surface area (Å²) in [5, 5.41) is 6.48. The van der Waals surface area contributed by atoms with Crippen molar-refractivity contribution in [2.45, 2.75) is 19.8 Å². The Morgan fingerprint density at radius 1 is 0.960 bits per heavy atom. The Morgan fingerprint density at radius 3 is 2.44 bits per heavy atom. The predicted octanol–water partition coefficient (Wildman–Crippen LogP) is 5.24. The maximum atomic E-state index is 13.1. The topological polar surface area (TPSA) is 49.8 Å². The number of unbranched alkanes of at least 4 members (excludes halogenated alkanes) is 1. The van der Waals surface area contributed by atoms with Crippen LogP contribution in [-0.2, 0) is 0 Å². The van der Waals surface area contributed by atoms with Gasteiger partial charge in [0.2, 0.25) is 5.95 Å². The second-order valence-electron chi connectivity index (χ2n) is 5.74. The highest BCUT2D eigenvalue weighted by molar-refractivity contribution is 5.67. The third-order valence-corrected chi connectivity index (χ3v) is 3.73. The zero-order valence-electron chi connectivity index (χ0n) is 14.2. The fraction of sp³-hybridized carbons (Fsp3) is 0.200. The third kappa shape index (κ3) is 4.76. The molecule has 0 radical (unpaired) electrons. The molecule has 25 heavy (non-hydrogen) atoms. The van der Waals surface area contributed by atoms with Gasteiger partial charge in [-0.1, -0.05) is 43.7 Å². The summed E-state index contributed by atoms with van der Waals surface area (Å²) < 4.78 is 13.1. The van der Waals surface area contributed by atoms with E-state index in [9.17, 15) is 4.39 Å². The van der Waals surface area contributed by atoms with Gasteiger partial charge in [0.05, 0.1) is 5.69 Å². The van der Waals surface area contributed by atoms with Gasteiger partial charge in [0.1, 0.15) is 11.6 Å². The van der Waals surface area contributed by atoms with Gasteiger partial charge in [-0.3, -0.25) is 0 Å². The number of rotatable bonds is 7. The molecule has 0 aliphatic rings. The van der Waals surface area contributed by atoms with Gasteiger partial charge in [-0.25, -0.2) is 9.37 Å². The number of aromatic nitrogens is 2. The predicted molar refractivity (Wildman–Crippen MR) is 101 cm³/mol. The molecule has 0 atom stereocenters. The van der Waals surface area contributed by atoms with Gasteiger partial charge < -0.3 is 10.6 Å². The van der Waals surface area contributed by atoms with Gasteiger partial charge >= 0.3 is 0 Å². The largest absolute Gasteiger partial charge is 0.354 e. The van der Waals surface area contributed by atoms with E-state index in [2.05, 4.69) is 27.5 Å². The first kappa shape index (κ1) is 16.9. The van der Waals surface area contributed by atoms with E-state index in [-0.39, 0.29) is 5.82 Å². The molecule has 0 amide bonds. The Kier molecular flexibility index (Phi) is 5.57. The number of nitrogens with zero attached hydrogens (tertiary/aromatic N) is 2. The molecule has 2 aromatic carbocycles. The summed E-state index contributed by atoms with van der Waals surface area (Å²) >= 11 is 0. The van der Waals surface area contributed by atoms with Gasteiger partial charge in [-0.2, -0.15) is 4.98 Å². The first-order valence-electron chi connectivity index (χ1n) is 8.45. The molecule has 0 aliphatic heterocycles. The van der Waals surface area contributed by atoms with Gasteiger partial charge in [0.15, 0.2) is 0 Å². The van der Waals surface area contributed by atoms with Gasteiger partial charge in [0.25, 0.3) is 0 Å². The molecule has 0 saturated heterocycles. The average Bonchev–Trinajstić information content (AvgIpc) is 2.64. The summed E-state index contributed by atoms with van der Waals surface area (Å²) in [7, 11) is 0. The van der Waals surface area contributed by atoms with Crippen LogP contribution in [0.4, 0.5) is 21.8 Å². The molecule has 3 aromatic rings. The van der Waals surface area contributed by atoms with E-state index in [0.717, 1.165) is 36.3 Å². The number of hydrogen-bond donors (Lipinski definition) is 2. The van der Waals surface area contributed by atoms with E-state index in [1.165, 1.54) is 12.1 Å². The van der Waals surface area contributed by atoms with Crippen LogP contribution in [0.5, 0.6) is 0 Å². The van der Waals surface area contributed by atoms with Crippen LogP contribution in [0.3, 0.4) is 0 Å². The molecule has 0 saturated carbocycles. The highest BCUT2D eigenvalue weighted by Crippen LogP contribution is 2.23. The maximum Gasteiger partial charge on any atom is 0.225 e. The first-order valence-corrected chi connectivity index (χ1v) is 8.45. The van der Waals surface area contributed by atoms with E-state index in [4.69, 9.17) is 0 Å². The standard InChI is InChI=1S/C20H21FN4/c1-2-3-13-22-20-24-18(15-7-5-4-6-8-15)14-19(25-20)23-17-11-9-16(21)10-12-17/h4-12,14H,2-3,13H2,1H3,(H2,22,23,24,25). The molecular formula is C20H21FN4. The fourth-order valence-electron chi connectivity index (χ4n) is 2.41. The van der Waals surface area contributed by atoms with Crippen molar-refractivity contribution in [2.24, 2.45) is 0 Å². The SMILES string of the molecule is CCCCNc1nc(Nc2ccc(F)cc2)cc(-c2ccccc2)n1. The Labute approximate surface area is 147 Å². The first-order chi connectivity index (χ1) is 12.2. The van der Waals surface area contributed by atoms with Crippen LogP contribution >= 0.6 is 0 Å².